The first-order valence-corrected chi connectivity index (χ1v) is 5.42. The number of carboxylic acid groups (broad SMARTS) is 1. The van der Waals surface area contributed by atoms with Crippen LogP contribution in [0.3, 0.4) is 0 Å². The number of ether oxygens (including phenoxy) is 2. The molecule has 0 fully saturated rings. The first-order chi connectivity index (χ1) is 9.13. The van der Waals surface area contributed by atoms with Gasteiger partial charge in [-0.25, -0.2) is 4.79 Å². The Morgan fingerprint density at radius 1 is 1.26 bits per heavy atom. The minimum absolute atomic E-state index is 0.0116. The van der Waals surface area contributed by atoms with Gasteiger partial charge in [-0.15, -0.1) is 0 Å². The van der Waals surface area contributed by atoms with E-state index in [1.54, 1.807) is 0 Å². The van der Waals surface area contributed by atoms with Crippen LogP contribution < -0.4 is 9.47 Å². The zero-order chi connectivity index (χ0) is 14.3. The van der Waals surface area contributed by atoms with E-state index in [2.05, 4.69) is 13.2 Å². The number of hydrogen-bond acceptors (Lipinski definition) is 4. The molecule has 5 nitrogen and oxygen atoms in total. The second-order valence-electron chi connectivity index (χ2n) is 3.46. The van der Waals surface area contributed by atoms with Gasteiger partial charge in [0.25, 0.3) is 0 Å². The van der Waals surface area contributed by atoms with E-state index in [9.17, 15) is 4.79 Å². The van der Waals surface area contributed by atoms with Crippen LogP contribution in [0.4, 0.5) is 0 Å². The Hall–Kier alpha value is -2.74. The standard InChI is InChI=1S/C14H13NO4/c1-3-5-18-12-7-10(9-15)11(14(16)17)8-13(12)19-6-4-2/h3-4,7-8H,1-2,5-6H2,(H,16,17). The molecular weight excluding hydrogens is 246 g/mol. The molecule has 5 heteroatoms. The number of aromatic carboxylic acids is 1. The Balaban J connectivity index is 3.26. The second-order valence-corrected chi connectivity index (χ2v) is 3.46. The summed E-state index contributed by atoms with van der Waals surface area (Å²) >= 11 is 0. The summed E-state index contributed by atoms with van der Waals surface area (Å²) in [4.78, 5) is 11.0. The summed E-state index contributed by atoms with van der Waals surface area (Å²) in [6, 6.07) is 4.42. The molecule has 0 aromatic heterocycles. The highest BCUT2D eigenvalue weighted by Gasteiger charge is 2.16. The zero-order valence-electron chi connectivity index (χ0n) is 10.3. The van der Waals surface area contributed by atoms with Gasteiger partial charge in [0.1, 0.15) is 19.3 Å². The van der Waals surface area contributed by atoms with Crippen molar-refractivity contribution < 1.29 is 19.4 Å². The fraction of sp³-hybridized carbons (Fsp3) is 0.143. The number of carbonyl (C=O) groups is 1. The average Bonchev–Trinajstić information content (AvgIpc) is 2.42. The van der Waals surface area contributed by atoms with Crippen molar-refractivity contribution >= 4 is 5.97 Å². The van der Waals surface area contributed by atoms with Crippen LogP contribution in [0.25, 0.3) is 0 Å². The third-order valence-electron chi connectivity index (χ3n) is 2.15. The van der Waals surface area contributed by atoms with Crippen LogP contribution in [0.15, 0.2) is 37.4 Å². The SMILES string of the molecule is C=CCOc1cc(C#N)c(C(=O)O)cc1OCC=C. The molecular formula is C14H13NO4. The lowest BCUT2D eigenvalue weighted by molar-refractivity contribution is 0.0696. The summed E-state index contributed by atoms with van der Waals surface area (Å²) in [7, 11) is 0. The van der Waals surface area contributed by atoms with Crippen molar-refractivity contribution in [1.82, 2.24) is 0 Å². The van der Waals surface area contributed by atoms with Crippen LogP contribution in [0.5, 0.6) is 11.5 Å². The van der Waals surface area contributed by atoms with Crippen LogP contribution in [-0.2, 0) is 0 Å². The van der Waals surface area contributed by atoms with Crippen molar-refractivity contribution in [2.24, 2.45) is 0 Å². The lowest BCUT2D eigenvalue weighted by Crippen LogP contribution is -2.05. The van der Waals surface area contributed by atoms with E-state index in [-0.39, 0.29) is 30.1 Å². The van der Waals surface area contributed by atoms with E-state index < -0.39 is 5.97 Å². The number of hydrogen-bond donors (Lipinski definition) is 1. The summed E-state index contributed by atoms with van der Waals surface area (Å²) < 4.78 is 10.7. The first-order valence-electron chi connectivity index (χ1n) is 5.42. The molecule has 0 radical (unpaired) electrons. The van der Waals surface area contributed by atoms with E-state index in [1.807, 2.05) is 6.07 Å². The van der Waals surface area contributed by atoms with Crippen molar-refractivity contribution in [2.75, 3.05) is 13.2 Å². The van der Waals surface area contributed by atoms with Crippen molar-refractivity contribution in [2.45, 2.75) is 0 Å². The molecule has 19 heavy (non-hydrogen) atoms. The highest BCUT2D eigenvalue weighted by molar-refractivity contribution is 5.91. The molecule has 0 aliphatic rings. The monoisotopic (exact) mass is 259 g/mol. The van der Waals surface area contributed by atoms with Crippen LogP contribution in [0.2, 0.25) is 0 Å². The Bertz CT molecular complexity index is 543. The number of rotatable bonds is 7. The van der Waals surface area contributed by atoms with Gasteiger partial charge in [-0.1, -0.05) is 25.3 Å². The Labute approximate surface area is 111 Å². The summed E-state index contributed by atoms with van der Waals surface area (Å²) in [6.07, 6.45) is 3.06. The van der Waals surface area contributed by atoms with Gasteiger partial charge in [0, 0.05) is 6.07 Å². The molecule has 0 atom stereocenters. The van der Waals surface area contributed by atoms with E-state index in [0.29, 0.717) is 5.75 Å². The largest absolute Gasteiger partial charge is 0.486 e. The zero-order valence-corrected chi connectivity index (χ0v) is 10.3. The topological polar surface area (TPSA) is 79.5 Å². The predicted octanol–water partition coefficient (Wildman–Crippen LogP) is 2.39. The fourth-order valence-corrected chi connectivity index (χ4v) is 1.35. The van der Waals surface area contributed by atoms with Crippen molar-refractivity contribution in [3.8, 4) is 17.6 Å². The number of benzene rings is 1. The van der Waals surface area contributed by atoms with Gasteiger partial charge in [-0.2, -0.15) is 5.26 Å². The molecule has 1 aromatic rings. The number of carboxylic acids is 1. The molecule has 98 valence electrons. The predicted molar refractivity (Wildman–Crippen MR) is 69.5 cm³/mol. The molecule has 0 amide bonds. The molecule has 0 bridgehead atoms. The van der Waals surface area contributed by atoms with Gasteiger partial charge >= 0.3 is 5.97 Å². The highest BCUT2D eigenvalue weighted by Crippen LogP contribution is 2.31. The molecule has 0 saturated carbocycles. The minimum atomic E-state index is -1.20. The Kier molecular flexibility index (Phi) is 5.17. The maximum atomic E-state index is 11.0. The summed E-state index contributed by atoms with van der Waals surface area (Å²) in [5.74, 6) is -0.656. The van der Waals surface area contributed by atoms with Crippen LogP contribution in [0, 0.1) is 11.3 Å². The molecule has 0 aliphatic carbocycles. The lowest BCUT2D eigenvalue weighted by Gasteiger charge is -2.12. The van der Waals surface area contributed by atoms with Gasteiger partial charge in [0.05, 0.1) is 11.1 Å². The van der Waals surface area contributed by atoms with Crippen molar-refractivity contribution in [1.29, 1.82) is 5.26 Å². The maximum absolute atomic E-state index is 11.0. The van der Waals surface area contributed by atoms with Crippen LogP contribution in [-0.4, -0.2) is 24.3 Å². The van der Waals surface area contributed by atoms with Crippen LogP contribution in [0.1, 0.15) is 15.9 Å². The van der Waals surface area contributed by atoms with E-state index in [0.717, 1.165) is 0 Å². The van der Waals surface area contributed by atoms with Gasteiger partial charge in [0.2, 0.25) is 0 Å². The fourth-order valence-electron chi connectivity index (χ4n) is 1.35. The average molecular weight is 259 g/mol. The molecule has 1 rings (SSSR count). The summed E-state index contributed by atoms with van der Waals surface area (Å²) in [5.41, 5.74) is -0.120. The van der Waals surface area contributed by atoms with Crippen molar-refractivity contribution in [3.05, 3.63) is 48.6 Å². The molecule has 0 saturated heterocycles. The first kappa shape index (κ1) is 14.3. The molecule has 0 spiro atoms. The molecule has 0 unspecified atom stereocenters. The van der Waals surface area contributed by atoms with Gasteiger partial charge < -0.3 is 14.6 Å². The van der Waals surface area contributed by atoms with Crippen LogP contribution >= 0.6 is 0 Å². The number of nitriles is 1. The van der Waals surface area contributed by atoms with Gasteiger partial charge in [-0.3, -0.25) is 0 Å². The molecule has 1 aromatic carbocycles. The van der Waals surface area contributed by atoms with E-state index in [1.165, 1.54) is 24.3 Å². The summed E-state index contributed by atoms with van der Waals surface area (Å²) in [6.45, 7) is 7.45. The second kappa shape index (κ2) is 6.87. The van der Waals surface area contributed by atoms with Gasteiger partial charge in [0.15, 0.2) is 11.5 Å². The smallest absolute Gasteiger partial charge is 0.337 e. The third kappa shape index (κ3) is 3.61. The van der Waals surface area contributed by atoms with Crippen molar-refractivity contribution in [3.63, 3.8) is 0 Å². The minimum Gasteiger partial charge on any atom is -0.486 e. The number of nitrogens with zero attached hydrogens (tertiary/aromatic N) is 1. The molecule has 0 aliphatic heterocycles. The third-order valence-corrected chi connectivity index (χ3v) is 2.15. The normalized spacial score (nSPS) is 9.21. The molecule has 0 heterocycles. The Morgan fingerprint density at radius 2 is 1.79 bits per heavy atom. The quantitative estimate of drug-likeness (QED) is 0.760. The van der Waals surface area contributed by atoms with Gasteiger partial charge in [-0.05, 0) is 6.07 Å². The molecule has 1 N–H and O–H groups in total. The lowest BCUT2D eigenvalue weighted by atomic mass is 10.1. The Morgan fingerprint density at radius 3 is 2.21 bits per heavy atom. The highest BCUT2D eigenvalue weighted by atomic mass is 16.5. The summed E-state index contributed by atoms with van der Waals surface area (Å²) in [5, 5.41) is 18.0. The van der Waals surface area contributed by atoms with E-state index in [4.69, 9.17) is 19.8 Å². The van der Waals surface area contributed by atoms with E-state index >= 15 is 0 Å². The maximum Gasteiger partial charge on any atom is 0.337 e.